The van der Waals surface area contributed by atoms with E-state index in [1.807, 2.05) is 11.3 Å². The van der Waals surface area contributed by atoms with E-state index in [4.69, 9.17) is 0 Å². The van der Waals surface area contributed by atoms with Crippen LogP contribution in [0.15, 0.2) is 170 Å². The summed E-state index contributed by atoms with van der Waals surface area (Å²) in [6.07, 6.45) is 6.72. The Balaban J connectivity index is 1.16. The van der Waals surface area contributed by atoms with E-state index in [1.165, 1.54) is 92.0 Å². The van der Waals surface area contributed by atoms with Gasteiger partial charge in [0.15, 0.2) is 0 Å². The first-order valence-electron chi connectivity index (χ1n) is 18.7. The predicted molar refractivity (Wildman–Crippen MR) is 230 cm³/mol. The Morgan fingerprint density at radius 2 is 1.04 bits per heavy atom. The lowest BCUT2D eigenvalue weighted by molar-refractivity contribution is 0.887. The lowest BCUT2D eigenvalue weighted by Gasteiger charge is -2.17. The molecule has 0 amide bonds. The standard InChI is InChI=1S/C50H33N3S/c1-2-13-34(14-3-1)52-45-23-10-6-20-40(45)49-42-30-32(33-26-28-48-41(29-33)39-19-7-11-24-47(39)54-48)25-27-46(42)53(50(49)52)36-16-12-15-35(31-36)51-43-21-8-4-17-37(43)38-18-5-9-22-44(38)51/h1-8,10-21,23-31H,9,22H2. The molecule has 4 heterocycles. The summed E-state index contributed by atoms with van der Waals surface area (Å²) in [5.74, 6) is 0. The third-order valence-corrected chi connectivity index (χ3v) is 12.6. The van der Waals surface area contributed by atoms with Gasteiger partial charge in [0.2, 0.25) is 0 Å². The number of hydrogen-bond donors (Lipinski definition) is 0. The van der Waals surface area contributed by atoms with Crippen LogP contribution < -0.4 is 0 Å². The van der Waals surface area contributed by atoms with Crippen LogP contribution in [0.4, 0.5) is 0 Å². The van der Waals surface area contributed by atoms with Crippen molar-refractivity contribution in [2.24, 2.45) is 0 Å². The van der Waals surface area contributed by atoms with E-state index in [0.717, 1.165) is 24.2 Å². The molecule has 0 unspecified atom stereocenters. The fourth-order valence-corrected chi connectivity index (χ4v) is 10.3. The van der Waals surface area contributed by atoms with Crippen LogP contribution in [-0.2, 0) is 6.42 Å². The second-order valence-electron chi connectivity index (χ2n) is 14.4. The van der Waals surface area contributed by atoms with E-state index in [-0.39, 0.29) is 0 Å². The van der Waals surface area contributed by atoms with Gasteiger partial charge < -0.3 is 4.57 Å². The summed E-state index contributed by atoms with van der Waals surface area (Å²) in [5, 5.41) is 7.74. The van der Waals surface area contributed by atoms with Crippen molar-refractivity contribution in [3.63, 3.8) is 0 Å². The minimum atomic E-state index is 1.03. The number of hydrogen-bond acceptors (Lipinski definition) is 1. The van der Waals surface area contributed by atoms with Crippen LogP contribution in [0.3, 0.4) is 0 Å². The number of fused-ring (bicyclic) bond motifs is 11. The molecule has 11 aromatic rings. The molecule has 254 valence electrons. The molecule has 3 nitrogen and oxygen atoms in total. The van der Waals surface area contributed by atoms with Gasteiger partial charge in [-0.1, -0.05) is 103 Å². The fourth-order valence-electron chi connectivity index (χ4n) is 9.17. The second-order valence-corrected chi connectivity index (χ2v) is 15.5. The second kappa shape index (κ2) is 11.4. The van der Waals surface area contributed by atoms with E-state index in [0.29, 0.717) is 0 Å². The number of nitrogens with zero attached hydrogens (tertiary/aromatic N) is 3. The highest BCUT2D eigenvalue weighted by Crippen LogP contribution is 2.44. The average molecular weight is 708 g/mol. The van der Waals surface area contributed by atoms with Gasteiger partial charge in [-0.2, -0.15) is 0 Å². The Hall–Kier alpha value is -6.62. The molecule has 1 aliphatic rings. The average Bonchev–Trinajstić information content (AvgIpc) is 3.97. The largest absolute Gasteiger partial charge is 0.313 e. The molecule has 4 aromatic heterocycles. The first-order valence-corrected chi connectivity index (χ1v) is 19.6. The maximum Gasteiger partial charge on any atom is 0.131 e. The van der Waals surface area contributed by atoms with Crippen molar-refractivity contribution in [3.8, 4) is 28.2 Å². The normalized spacial score (nSPS) is 13.0. The fraction of sp³-hybridized carbons (Fsp3) is 0.0400. The molecular weight excluding hydrogens is 675 g/mol. The van der Waals surface area contributed by atoms with Crippen molar-refractivity contribution in [1.82, 2.24) is 13.7 Å². The van der Waals surface area contributed by atoms with Gasteiger partial charge in [0, 0.05) is 70.0 Å². The quantitative estimate of drug-likeness (QED) is 0.173. The molecule has 7 aromatic carbocycles. The molecule has 0 saturated heterocycles. The Kier molecular flexibility index (Phi) is 6.33. The molecule has 0 bridgehead atoms. The van der Waals surface area contributed by atoms with Crippen molar-refractivity contribution < 1.29 is 0 Å². The molecule has 0 radical (unpaired) electrons. The Morgan fingerprint density at radius 3 is 1.89 bits per heavy atom. The van der Waals surface area contributed by atoms with Crippen LogP contribution in [0.2, 0.25) is 0 Å². The molecule has 0 N–H and O–H groups in total. The number of para-hydroxylation sites is 3. The summed E-state index contributed by atoms with van der Waals surface area (Å²) in [6, 6.07) is 60.6. The predicted octanol–water partition coefficient (Wildman–Crippen LogP) is 13.7. The highest BCUT2D eigenvalue weighted by molar-refractivity contribution is 7.25. The van der Waals surface area contributed by atoms with E-state index >= 15 is 0 Å². The van der Waals surface area contributed by atoms with E-state index in [1.54, 1.807) is 0 Å². The lowest BCUT2D eigenvalue weighted by Crippen LogP contribution is -2.05. The maximum atomic E-state index is 2.50. The Morgan fingerprint density at radius 1 is 0.426 bits per heavy atom. The van der Waals surface area contributed by atoms with Gasteiger partial charge in [-0.15, -0.1) is 11.3 Å². The molecule has 54 heavy (non-hydrogen) atoms. The summed E-state index contributed by atoms with van der Waals surface area (Å²) >= 11 is 1.87. The summed E-state index contributed by atoms with van der Waals surface area (Å²) < 4.78 is 10.1. The van der Waals surface area contributed by atoms with Crippen LogP contribution in [0.5, 0.6) is 0 Å². The monoisotopic (exact) mass is 707 g/mol. The minimum Gasteiger partial charge on any atom is -0.313 e. The lowest BCUT2D eigenvalue weighted by atomic mass is 10.0. The van der Waals surface area contributed by atoms with Crippen LogP contribution in [0.1, 0.15) is 17.7 Å². The van der Waals surface area contributed by atoms with Crippen LogP contribution in [0.25, 0.3) is 98.2 Å². The molecule has 0 fully saturated rings. The van der Waals surface area contributed by atoms with Gasteiger partial charge in [0.25, 0.3) is 0 Å². The number of benzene rings is 7. The number of rotatable bonds is 4. The zero-order chi connectivity index (χ0) is 35.3. The summed E-state index contributed by atoms with van der Waals surface area (Å²) in [5.41, 5.74) is 13.5. The van der Waals surface area contributed by atoms with Crippen LogP contribution >= 0.6 is 11.3 Å². The van der Waals surface area contributed by atoms with Crippen molar-refractivity contribution in [2.75, 3.05) is 0 Å². The molecule has 0 spiro atoms. The summed E-state index contributed by atoms with van der Waals surface area (Å²) in [4.78, 5) is 0. The molecule has 0 saturated carbocycles. The van der Waals surface area contributed by atoms with E-state index in [2.05, 4.69) is 190 Å². The highest BCUT2D eigenvalue weighted by atomic mass is 32.1. The summed E-state index contributed by atoms with van der Waals surface area (Å²) in [7, 11) is 0. The number of aromatic nitrogens is 3. The van der Waals surface area contributed by atoms with Crippen molar-refractivity contribution in [3.05, 3.63) is 181 Å². The molecule has 4 heteroatoms. The maximum absolute atomic E-state index is 2.50. The van der Waals surface area contributed by atoms with Gasteiger partial charge in [-0.25, -0.2) is 0 Å². The van der Waals surface area contributed by atoms with Crippen LogP contribution in [0, 0.1) is 0 Å². The van der Waals surface area contributed by atoms with Crippen molar-refractivity contribution >= 4 is 81.3 Å². The third-order valence-electron chi connectivity index (χ3n) is 11.5. The highest BCUT2D eigenvalue weighted by Gasteiger charge is 2.24. The Bertz CT molecular complexity index is 3330. The SMILES string of the molecule is C1=Cc2c(n(-c3cccc(-n4c5ccc(-c6ccc7sc8ccccc8c7c6)cc5c5c6ccccc6n(-c6ccccc6)c54)c3)c3ccccc23)CC1. The van der Waals surface area contributed by atoms with Gasteiger partial charge in [-0.3, -0.25) is 9.13 Å². The van der Waals surface area contributed by atoms with Gasteiger partial charge in [0.1, 0.15) is 5.65 Å². The number of allylic oxidation sites excluding steroid dienone is 1. The van der Waals surface area contributed by atoms with Gasteiger partial charge in [-0.05, 0) is 96.8 Å². The van der Waals surface area contributed by atoms with Crippen LogP contribution in [-0.4, -0.2) is 13.7 Å². The van der Waals surface area contributed by atoms with Crippen molar-refractivity contribution in [1.29, 1.82) is 0 Å². The Labute approximate surface area is 315 Å². The molecule has 0 atom stereocenters. The summed E-state index contributed by atoms with van der Waals surface area (Å²) in [6.45, 7) is 0. The number of thiophene rings is 1. The molecule has 0 aliphatic heterocycles. The zero-order valence-corrected chi connectivity index (χ0v) is 30.2. The topological polar surface area (TPSA) is 14.8 Å². The van der Waals surface area contributed by atoms with E-state index in [9.17, 15) is 0 Å². The molecular formula is C50H33N3S. The molecule has 1 aliphatic carbocycles. The van der Waals surface area contributed by atoms with Gasteiger partial charge in [0.05, 0.1) is 16.6 Å². The smallest absolute Gasteiger partial charge is 0.131 e. The van der Waals surface area contributed by atoms with E-state index < -0.39 is 0 Å². The zero-order valence-electron chi connectivity index (χ0n) is 29.4. The molecule has 12 rings (SSSR count). The van der Waals surface area contributed by atoms with Crippen molar-refractivity contribution in [2.45, 2.75) is 12.8 Å². The minimum absolute atomic E-state index is 1.03. The first kappa shape index (κ1) is 29.9. The third kappa shape index (κ3) is 4.23. The first-order chi connectivity index (χ1) is 26.8. The van der Waals surface area contributed by atoms with Gasteiger partial charge >= 0.3 is 0 Å².